The van der Waals surface area contributed by atoms with Crippen molar-refractivity contribution < 1.29 is 9.13 Å². The van der Waals surface area contributed by atoms with E-state index in [0.717, 1.165) is 39.3 Å². The zero-order chi connectivity index (χ0) is 20.0. The van der Waals surface area contributed by atoms with Crippen LogP contribution in [0.4, 0.5) is 10.1 Å². The van der Waals surface area contributed by atoms with Gasteiger partial charge >= 0.3 is 6.01 Å². The second kappa shape index (κ2) is 6.66. The highest BCUT2D eigenvalue weighted by atomic mass is 19.1. The number of ether oxygens (including phenoxy) is 1. The van der Waals surface area contributed by atoms with Gasteiger partial charge < -0.3 is 10.1 Å². The normalized spacial score (nSPS) is 11.8. The lowest BCUT2D eigenvalue weighted by Gasteiger charge is -2.11. The van der Waals surface area contributed by atoms with Crippen LogP contribution in [0.1, 0.15) is 17.0 Å². The topological polar surface area (TPSA) is 88.6 Å². The predicted octanol–water partition coefficient (Wildman–Crippen LogP) is 4.11. The van der Waals surface area contributed by atoms with Crippen molar-refractivity contribution in [3.05, 3.63) is 65.6 Å². The van der Waals surface area contributed by atoms with Crippen molar-refractivity contribution in [3.8, 4) is 34.1 Å². The number of aromatic nitrogens is 5. The van der Waals surface area contributed by atoms with Gasteiger partial charge in [-0.1, -0.05) is 0 Å². The monoisotopic (exact) mass is 388 g/mol. The van der Waals surface area contributed by atoms with E-state index in [4.69, 9.17) is 4.74 Å². The van der Waals surface area contributed by atoms with Gasteiger partial charge in [0.25, 0.3) is 0 Å². The number of aryl methyl sites for hydroxylation is 1. The van der Waals surface area contributed by atoms with E-state index >= 15 is 0 Å². The van der Waals surface area contributed by atoms with Crippen molar-refractivity contribution in [3.63, 3.8) is 0 Å². The number of pyridine rings is 1. The highest BCUT2D eigenvalue weighted by molar-refractivity contribution is 5.90. The second-order valence-electron chi connectivity index (χ2n) is 6.81. The Labute approximate surface area is 166 Å². The summed E-state index contributed by atoms with van der Waals surface area (Å²) < 4.78 is 20.1. The Hall–Kier alpha value is -3.81. The molecule has 0 bridgehead atoms. The van der Waals surface area contributed by atoms with E-state index in [1.165, 1.54) is 12.1 Å². The first kappa shape index (κ1) is 17.3. The van der Waals surface area contributed by atoms with Gasteiger partial charge in [0.1, 0.15) is 11.6 Å². The summed E-state index contributed by atoms with van der Waals surface area (Å²) in [7, 11) is 1.78. The summed E-state index contributed by atoms with van der Waals surface area (Å²) in [5, 5.41) is 9.91. The third-order valence-corrected chi connectivity index (χ3v) is 4.93. The van der Waals surface area contributed by atoms with Crippen LogP contribution >= 0.6 is 0 Å². The van der Waals surface area contributed by atoms with Gasteiger partial charge in [-0.25, -0.2) is 4.39 Å². The number of hydrogen-bond acceptors (Lipinski definition) is 6. The van der Waals surface area contributed by atoms with E-state index in [-0.39, 0.29) is 11.8 Å². The van der Waals surface area contributed by atoms with Crippen molar-refractivity contribution in [2.75, 3.05) is 12.4 Å². The number of nitrogens with one attached hydrogen (secondary N) is 2. The standard InChI is InChI=1S/C21H17FN6O/c1-11-3-4-14(10-24-11)29-21-27-18-7-15-16(5-13(22)6-17(15)23-2)19(18)20(28-21)12-8-25-26-9-12/h3-6,8-10,23H,7H2,1-2H3,(H,25,26). The van der Waals surface area contributed by atoms with E-state index < -0.39 is 0 Å². The lowest BCUT2D eigenvalue weighted by atomic mass is 10.0. The van der Waals surface area contributed by atoms with Gasteiger partial charge in [-0.2, -0.15) is 15.1 Å². The first-order chi connectivity index (χ1) is 14.1. The van der Waals surface area contributed by atoms with Gasteiger partial charge in [0.15, 0.2) is 0 Å². The summed E-state index contributed by atoms with van der Waals surface area (Å²) in [5.41, 5.74) is 6.39. The molecular weight excluding hydrogens is 371 g/mol. The van der Waals surface area contributed by atoms with Crippen LogP contribution < -0.4 is 10.1 Å². The number of halogens is 1. The molecular formula is C21H17FN6O. The molecule has 3 heterocycles. The first-order valence-corrected chi connectivity index (χ1v) is 9.13. The van der Waals surface area contributed by atoms with Crippen LogP contribution in [0.2, 0.25) is 0 Å². The molecule has 1 aliphatic rings. The number of fused-ring (bicyclic) bond motifs is 3. The van der Waals surface area contributed by atoms with E-state index in [1.807, 2.05) is 19.1 Å². The Balaban J connectivity index is 1.67. The maximum absolute atomic E-state index is 14.2. The van der Waals surface area contributed by atoms with E-state index in [2.05, 4.69) is 30.5 Å². The Bertz CT molecular complexity index is 1210. The molecule has 0 aliphatic heterocycles. The number of nitrogens with zero attached hydrogens (tertiary/aromatic N) is 4. The molecule has 0 radical (unpaired) electrons. The summed E-state index contributed by atoms with van der Waals surface area (Å²) in [4.78, 5) is 13.5. The molecule has 1 aliphatic carbocycles. The van der Waals surface area contributed by atoms with Crippen molar-refractivity contribution >= 4 is 5.69 Å². The zero-order valence-corrected chi connectivity index (χ0v) is 15.8. The minimum absolute atomic E-state index is 0.213. The lowest BCUT2D eigenvalue weighted by Crippen LogP contribution is -1.99. The Kier molecular flexibility index (Phi) is 3.97. The molecule has 5 rings (SSSR count). The third-order valence-electron chi connectivity index (χ3n) is 4.93. The molecule has 0 amide bonds. The van der Waals surface area contributed by atoms with Crippen LogP contribution in [-0.2, 0) is 6.42 Å². The summed E-state index contributed by atoms with van der Waals surface area (Å²) in [6.07, 6.45) is 5.61. The minimum atomic E-state index is -0.315. The van der Waals surface area contributed by atoms with Crippen LogP contribution in [0.5, 0.6) is 11.8 Å². The number of hydrogen-bond donors (Lipinski definition) is 2. The molecule has 8 heteroatoms. The summed E-state index contributed by atoms with van der Waals surface area (Å²) in [6.45, 7) is 1.91. The van der Waals surface area contributed by atoms with E-state index in [9.17, 15) is 4.39 Å². The fourth-order valence-corrected chi connectivity index (χ4v) is 3.59. The maximum atomic E-state index is 14.2. The fourth-order valence-electron chi connectivity index (χ4n) is 3.59. The second-order valence-corrected chi connectivity index (χ2v) is 6.81. The fraction of sp³-hybridized carbons (Fsp3) is 0.143. The number of H-pyrrole nitrogens is 1. The molecule has 29 heavy (non-hydrogen) atoms. The first-order valence-electron chi connectivity index (χ1n) is 9.13. The zero-order valence-electron chi connectivity index (χ0n) is 15.8. The van der Waals surface area contributed by atoms with Crippen molar-refractivity contribution in [2.45, 2.75) is 13.3 Å². The van der Waals surface area contributed by atoms with Gasteiger partial charge in [-0.3, -0.25) is 10.1 Å². The van der Waals surface area contributed by atoms with Gasteiger partial charge in [0, 0.05) is 42.2 Å². The largest absolute Gasteiger partial charge is 0.423 e. The molecule has 0 fully saturated rings. The Morgan fingerprint density at radius 1 is 1.17 bits per heavy atom. The van der Waals surface area contributed by atoms with Crippen LogP contribution in [0.25, 0.3) is 22.4 Å². The molecule has 0 spiro atoms. The van der Waals surface area contributed by atoms with Gasteiger partial charge in [-0.05, 0) is 42.3 Å². The molecule has 0 unspecified atom stereocenters. The lowest BCUT2D eigenvalue weighted by molar-refractivity contribution is 0.439. The number of aromatic amines is 1. The average molecular weight is 388 g/mol. The Morgan fingerprint density at radius 3 is 2.79 bits per heavy atom. The van der Waals surface area contributed by atoms with Gasteiger partial charge in [0.2, 0.25) is 0 Å². The van der Waals surface area contributed by atoms with Crippen LogP contribution in [0.3, 0.4) is 0 Å². The molecule has 4 aromatic rings. The van der Waals surface area contributed by atoms with E-state index in [1.54, 1.807) is 25.6 Å². The molecule has 1 aromatic carbocycles. The quantitative estimate of drug-likeness (QED) is 0.482. The summed E-state index contributed by atoms with van der Waals surface area (Å²) >= 11 is 0. The maximum Gasteiger partial charge on any atom is 0.322 e. The molecule has 0 atom stereocenters. The average Bonchev–Trinajstić information content (AvgIpc) is 3.36. The van der Waals surface area contributed by atoms with Crippen molar-refractivity contribution in [2.24, 2.45) is 0 Å². The third kappa shape index (κ3) is 2.98. The highest BCUT2D eigenvalue weighted by Gasteiger charge is 2.29. The van der Waals surface area contributed by atoms with E-state index in [0.29, 0.717) is 17.9 Å². The molecule has 3 aromatic heterocycles. The number of benzene rings is 1. The van der Waals surface area contributed by atoms with Crippen molar-refractivity contribution in [1.82, 2.24) is 25.1 Å². The molecule has 144 valence electrons. The van der Waals surface area contributed by atoms with Crippen LogP contribution in [0, 0.1) is 12.7 Å². The molecule has 7 nitrogen and oxygen atoms in total. The summed E-state index contributed by atoms with van der Waals surface area (Å²) in [6, 6.07) is 6.91. The minimum Gasteiger partial charge on any atom is -0.423 e. The van der Waals surface area contributed by atoms with Crippen LogP contribution in [-0.4, -0.2) is 32.2 Å². The van der Waals surface area contributed by atoms with Gasteiger partial charge in [0.05, 0.1) is 23.8 Å². The Morgan fingerprint density at radius 2 is 2.07 bits per heavy atom. The molecule has 2 N–H and O–H groups in total. The predicted molar refractivity (Wildman–Crippen MR) is 106 cm³/mol. The van der Waals surface area contributed by atoms with Gasteiger partial charge in [-0.15, -0.1) is 0 Å². The number of anilines is 1. The molecule has 0 saturated carbocycles. The number of rotatable bonds is 4. The smallest absolute Gasteiger partial charge is 0.322 e. The highest BCUT2D eigenvalue weighted by Crippen LogP contribution is 2.45. The van der Waals surface area contributed by atoms with Crippen molar-refractivity contribution in [1.29, 1.82) is 0 Å². The van der Waals surface area contributed by atoms with Crippen LogP contribution in [0.15, 0.2) is 42.9 Å². The summed E-state index contributed by atoms with van der Waals surface area (Å²) in [5.74, 6) is 0.233. The SMILES string of the molecule is CNc1cc(F)cc2c1Cc1nc(Oc3ccc(C)nc3)nc(-c3cn[nH]c3)c1-2. The molecule has 0 saturated heterocycles.